The first-order valence-electron chi connectivity index (χ1n) is 9.48. The molecule has 0 spiro atoms. The molecule has 0 aliphatic heterocycles. The molecule has 0 unspecified atom stereocenters. The minimum absolute atomic E-state index is 0.123. The lowest BCUT2D eigenvalue weighted by Gasteiger charge is -2.09. The molecule has 7 nitrogen and oxygen atoms in total. The van der Waals surface area contributed by atoms with E-state index in [2.05, 4.69) is 16.5 Å². The highest BCUT2D eigenvalue weighted by Crippen LogP contribution is 2.25. The van der Waals surface area contributed by atoms with Gasteiger partial charge in [0.05, 0.1) is 16.4 Å². The number of nitrogens with zero attached hydrogens (tertiary/aromatic N) is 3. The first-order valence-corrected chi connectivity index (χ1v) is 9.86. The Balaban J connectivity index is 1.51. The van der Waals surface area contributed by atoms with Gasteiger partial charge in [-0.2, -0.15) is 10.4 Å². The summed E-state index contributed by atoms with van der Waals surface area (Å²) in [6.07, 6.45) is 1.12. The summed E-state index contributed by atoms with van der Waals surface area (Å²) in [5.41, 5.74) is 8.86. The minimum atomic E-state index is -0.248. The number of halogens is 1. The van der Waals surface area contributed by atoms with Crippen LogP contribution in [0.4, 0.5) is 5.82 Å². The molecule has 8 heteroatoms. The number of nitrogens with two attached hydrogens (primary N) is 1. The molecule has 3 aromatic rings. The fourth-order valence-electron chi connectivity index (χ4n) is 2.94. The summed E-state index contributed by atoms with van der Waals surface area (Å²) in [6, 6.07) is 16.9. The van der Waals surface area contributed by atoms with Gasteiger partial charge in [0.25, 0.3) is 5.91 Å². The summed E-state index contributed by atoms with van der Waals surface area (Å²) in [6.45, 7) is 2.22. The van der Waals surface area contributed by atoms with Crippen LogP contribution >= 0.6 is 11.6 Å². The van der Waals surface area contributed by atoms with Crippen LogP contribution in [0.1, 0.15) is 23.2 Å². The zero-order valence-electron chi connectivity index (χ0n) is 16.6. The predicted octanol–water partition coefficient (Wildman–Crippen LogP) is 3.42. The van der Waals surface area contributed by atoms with E-state index >= 15 is 0 Å². The summed E-state index contributed by atoms with van der Waals surface area (Å²) in [5, 5.41) is 17.2. The topological polar surface area (TPSA) is 106 Å². The number of anilines is 1. The van der Waals surface area contributed by atoms with Crippen molar-refractivity contribution in [3.63, 3.8) is 0 Å². The van der Waals surface area contributed by atoms with Crippen LogP contribution in [-0.2, 0) is 11.2 Å². The number of ether oxygens (including phenoxy) is 1. The van der Waals surface area contributed by atoms with Crippen molar-refractivity contribution >= 4 is 23.3 Å². The molecule has 1 aromatic heterocycles. The maximum Gasteiger partial charge on any atom is 0.257 e. The van der Waals surface area contributed by atoms with E-state index in [9.17, 15) is 10.1 Å². The number of aryl methyl sites for hydroxylation is 2. The second kappa shape index (κ2) is 9.81. The molecule has 30 heavy (non-hydrogen) atoms. The van der Waals surface area contributed by atoms with Crippen LogP contribution in [0.2, 0.25) is 5.02 Å². The van der Waals surface area contributed by atoms with E-state index in [0.29, 0.717) is 47.2 Å². The van der Waals surface area contributed by atoms with Crippen LogP contribution in [-0.4, -0.2) is 28.8 Å². The third-order valence-corrected chi connectivity index (χ3v) is 4.78. The largest absolute Gasteiger partial charge is 0.482 e. The van der Waals surface area contributed by atoms with Gasteiger partial charge in [0.1, 0.15) is 23.2 Å². The Bertz CT molecular complexity index is 1070. The average Bonchev–Trinajstić information content (AvgIpc) is 3.07. The number of nitriles is 1. The van der Waals surface area contributed by atoms with Crippen LogP contribution in [0.3, 0.4) is 0 Å². The quantitative estimate of drug-likeness (QED) is 0.540. The zero-order chi connectivity index (χ0) is 21.5. The number of nitrogen functional groups attached to an aromatic ring is 1. The molecule has 3 rings (SSSR count). The molecule has 0 aliphatic carbocycles. The summed E-state index contributed by atoms with van der Waals surface area (Å²) in [7, 11) is 0. The molecule has 154 valence electrons. The number of nitrogens with one attached hydrogen (secondary N) is 1. The van der Waals surface area contributed by atoms with Gasteiger partial charge in [-0.25, -0.2) is 4.68 Å². The van der Waals surface area contributed by atoms with Gasteiger partial charge in [-0.15, -0.1) is 0 Å². The fourth-order valence-corrected chi connectivity index (χ4v) is 3.11. The molecule has 0 atom stereocenters. The van der Waals surface area contributed by atoms with Gasteiger partial charge in [-0.05, 0) is 49.6 Å². The molecule has 0 bridgehead atoms. The number of carbonyl (C=O) groups excluding carboxylic acids is 1. The Morgan fingerprint density at radius 2 is 2.07 bits per heavy atom. The third kappa shape index (κ3) is 5.10. The van der Waals surface area contributed by atoms with E-state index in [1.165, 1.54) is 0 Å². The highest BCUT2D eigenvalue weighted by atomic mass is 35.5. The van der Waals surface area contributed by atoms with E-state index in [1.807, 2.05) is 43.3 Å². The van der Waals surface area contributed by atoms with Gasteiger partial charge in [-0.3, -0.25) is 4.79 Å². The van der Waals surface area contributed by atoms with Gasteiger partial charge in [0.15, 0.2) is 6.61 Å². The van der Waals surface area contributed by atoms with Crippen LogP contribution in [0.15, 0.2) is 48.5 Å². The van der Waals surface area contributed by atoms with E-state index in [4.69, 9.17) is 22.1 Å². The molecule has 2 aromatic carbocycles. The fraction of sp³-hybridized carbons (Fsp3) is 0.227. The van der Waals surface area contributed by atoms with Gasteiger partial charge in [0.2, 0.25) is 0 Å². The summed E-state index contributed by atoms with van der Waals surface area (Å²) < 4.78 is 7.04. The van der Waals surface area contributed by atoms with E-state index < -0.39 is 0 Å². The Morgan fingerprint density at radius 1 is 1.30 bits per heavy atom. The van der Waals surface area contributed by atoms with Gasteiger partial charge in [0, 0.05) is 6.54 Å². The van der Waals surface area contributed by atoms with Gasteiger partial charge < -0.3 is 15.8 Å². The molecule has 0 saturated carbocycles. The Morgan fingerprint density at radius 3 is 2.80 bits per heavy atom. The second-order valence-corrected chi connectivity index (χ2v) is 7.15. The van der Waals surface area contributed by atoms with Crippen molar-refractivity contribution in [3.8, 4) is 17.5 Å². The minimum Gasteiger partial charge on any atom is -0.482 e. The van der Waals surface area contributed by atoms with Crippen LogP contribution < -0.4 is 15.8 Å². The number of amides is 1. The second-order valence-electron chi connectivity index (χ2n) is 6.74. The highest BCUT2D eigenvalue weighted by molar-refractivity contribution is 6.32. The molecule has 3 N–H and O–H groups in total. The Kier molecular flexibility index (Phi) is 6.94. The first kappa shape index (κ1) is 21.2. The van der Waals surface area contributed by atoms with Crippen molar-refractivity contribution in [3.05, 3.63) is 70.4 Å². The maximum atomic E-state index is 12.0. The number of para-hydroxylation sites is 1. The Labute approximate surface area is 180 Å². The standard InChI is InChI=1S/C22H22ClN5O2/c1-15-9-10-18(23)20(12-15)30-14-21(29)26-11-5-8-19-17(13-24)22(25)28(27-19)16-6-3-2-4-7-16/h2-4,6-7,9-10,12H,5,8,11,14,25H2,1H3,(H,26,29). The molecule has 0 radical (unpaired) electrons. The van der Waals surface area contributed by atoms with E-state index in [-0.39, 0.29) is 12.5 Å². The number of hydrogen-bond donors (Lipinski definition) is 2. The predicted molar refractivity (Wildman–Crippen MR) is 116 cm³/mol. The lowest BCUT2D eigenvalue weighted by molar-refractivity contribution is -0.123. The molecular weight excluding hydrogens is 402 g/mol. The number of benzene rings is 2. The molecule has 0 aliphatic rings. The van der Waals surface area contributed by atoms with Crippen molar-refractivity contribution in [1.82, 2.24) is 15.1 Å². The number of hydrogen-bond acceptors (Lipinski definition) is 5. The van der Waals surface area contributed by atoms with E-state index in [1.54, 1.807) is 16.8 Å². The van der Waals surface area contributed by atoms with Crippen LogP contribution in [0.25, 0.3) is 5.69 Å². The van der Waals surface area contributed by atoms with Crippen molar-refractivity contribution in [2.24, 2.45) is 0 Å². The number of aromatic nitrogens is 2. The summed E-state index contributed by atoms with van der Waals surface area (Å²) in [5.74, 6) is 0.543. The summed E-state index contributed by atoms with van der Waals surface area (Å²) >= 11 is 6.06. The highest BCUT2D eigenvalue weighted by Gasteiger charge is 2.16. The SMILES string of the molecule is Cc1ccc(Cl)c(OCC(=O)NCCCc2nn(-c3ccccc3)c(N)c2C#N)c1. The normalized spacial score (nSPS) is 10.4. The Hall–Kier alpha value is -3.50. The van der Waals surface area contributed by atoms with Crippen molar-refractivity contribution in [1.29, 1.82) is 5.26 Å². The summed E-state index contributed by atoms with van der Waals surface area (Å²) in [4.78, 5) is 12.0. The third-order valence-electron chi connectivity index (χ3n) is 4.46. The van der Waals surface area contributed by atoms with Crippen molar-refractivity contribution in [2.45, 2.75) is 19.8 Å². The molecule has 1 amide bonds. The monoisotopic (exact) mass is 423 g/mol. The lowest BCUT2D eigenvalue weighted by Crippen LogP contribution is -2.30. The number of rotatable bonds is 8. The average molecular weight is 424 g/mol. The van der Waals surface area contributed by atoms with Crippen LogP contribution in [0.5, 0.6) is 5.75 Å². The van der Waals surface area contributed by atoms with Gasteiger partial charge in [-0.1, -0.05) is 35.9 Å². The maximum absolute atomic E-state index is 12.0. The molecule has 1 heterocycles. The molecule has 0 fully saturated rings. The lowest BCUT2D eigenvalue weighted by atomic mass is 10.1. The van der Waals surface area contributed by atoms with E-state index in [0.717, 1.165) is 11.3 Å². The van der Waals surface area contributed by atoms with Gasteiger partial charge >= 0.3 is 0 Å². The number of carbonyl (C=O) groups is 1. The van der Waals surface area contributed by atoms with Crippen molar-refractivity contribution in [2.75, 3.05) is 18.9 Å². The molecule has 0 saturated heterocycles. The van der Waals surface area contributed by atoms with Crippen molar-refractivity contribution < 1.29 is 9.53 Å². The van der Waals surface area contributed by atoms with Crippen LogP contribution in [0, 0.1) is 18.3 Å². The molecular formula is C22H22ClN5O2. The first-order chi connectivity index (χ1) is 14.5. The zero-order valence-corrected chi connectivity index (χ0v) is 17.3. The smallest absolute Gasteiger partial charge is 0.257 e.